The molecule has 73 heavy (non-hydrogen) atoms. The van der Waals surface area contributed by atoms with Crippen LogP contribution in [0.3, 0.4) is 0 Å². The number of phenolic OH excluding ortho intramolecular Hbond substituents is 1. The van der Waals surface area contributed by atoms with Gasteiger partial charge in [0.15, 0.2) is 5.96 Å². The summed E-state index contributed by atoms with van der Waals surface area (Å²) in [6, 6.07) is 29.6. The number of hydrogen-bond donors (Lipinski definition) is 5. The Morgan fingerprint density at radius 3 is 2.45 bits per heavy atom. The third kappa shape index (κ3) is 10.4. The number of hydrogen-bond acceptors (Lipinski definition) is 9. The van der Waals surface area contributed by atoms with E-state index in [0.29, 0.717) is 61.8 Å². The van der Waals surface area contributed by atoms with Crippen molar-refractivity contribution in [3.8, 4) is 23.3 Å². The van der Waals surface area contributed by atoms with E-state index < -0.39 is 44.6 Å². The van der Waals surface area contributed by atoms with E-state index >= 15 is 0 Å². The van der Waals surface area contributed by atoms with E-state index in [0.717, 1.165) is 65.5 Å². The number of nitrogens with two attached hydrogens (primary N) is 2. The van der Waals surface area contributed by atoms with Crippen molar-refractivity contribution in [1.29, 1.82) is 0 Å². The molecule has 10 bridgehead atoms. The zero-order valence-corrected chi connectivity index (χ0v) is 45.2. The number of aryl methyl sites for hydroxylation is 1. The maximum atomic E-state index is 14.2. The Labute approximate surface area is 453 Å². The predicted molar refractivity (Wildman–Crippen MR) is 277 cm³/mol. The summed E-state index contributed by atoms with van der Waals surface area (Å²) in [5, 5.41) is 33.2. The first-order chi connectivity index (χ1) is 34.6. The molecule has 1 spiro atoms. The van der Waals surface area contributed by atoms with Gasteiger partial charge < -0.3 is 40.8 Å². The number of benzene rings is 4. The van der Waals surface area contributed by atoms with Gasteiger partial charge >= 0.3 is 29.6 Å². The Morgan fingerprint density at radius 1 is 0.945 bits per heavy atom. The topological polar surface area (TPSA) is 201 Å². The molecule has 3 fully saturated rings. The third-order valence-electron chi connectivity index (χ3n) is 18.6. The normalized spacial score (nSPS) is 32.4. The minimum atomic E-state index is -4.92. The van der Waals surface area contributed by atoms with E-state index in [2.05, 4.69) is 49.1 Å². The van der Waals surface area contributed by atoms with E-state index in [4.69, 9.17) is 25.9 Å². The minimum Gasteiger partial charge on any atom is -0.748 e. The molecule has 1 saturated heterocycles. The largest absolute Gasteiger partial charge is 1.00 e. The van der Waals surface area contributed by atoms with Crippen molar-refractivity contribution in [2.45, 2.75) is 150 Å². The van der Waals surface area contributed by atoms with Crippen LogP contribution in [0.5, 0.6) is 11.5 Å². The summed E-state index contributed by atoms with van der Waals surface area (Å²) < 4.78 is 57.2. The van der Waals surface area contributed by atoms with E-state index in [-0.39, 0.29) is 102 Å². The van der Waals surface area contributed by atoms with Gasteiger partial charge in [-0.1, -0.05) is 104 Å². The van der Waals surface area contributed by atoms with Crippen LogP contribution in [0.15, 0.2) is 108 Å². The van der Waals surface area contributed by atoms with E-state index in [1.807, 2.05) is 54.6 Å². The predicted octanol–water partition coefficient (Wildman–Crippen LogP) is 6.54. The molecular weight excluding hydrogens is 946 g/mol. The van der Waals surface area contributed by atoms with Gasteiger partial charge in [0.05, 0.1) is 27.1 Å². The summed E-state index contributed by atoms with van der Waals surface area (Å²) in [6.07, 6.45) is 12.8. The van der Waals surface area contributed by atoms with Crippen LogP contribution in [-0.4, -0.2) is 57.8 Å². The van der Waals surface area contributed by atoms with Crippen molar-refractivity contribution in [2.75, 3.05) is 6.61 Å². The molecule has 0 aromatic heterocycles. The monoisotopic (exact) mass is 1020 g/mol. The third-order valence-corrected chi connectivity index (χ3v) is 19.8. The number of aliphatic hydroxyl groups excluding tert-OH is 1. The van der Waals surface area contributed by atoms with Gasteiger partial charge in [-0.3, -0.25) is 0 Å². The quantitative estimate of drug-likeness (QED) is 0.0323. The summed E-state index contributed by atoms with van der Waals surface area (Å²) in [5.41, 5.74) is 17.7. The molecule has 11 nitrogen and oxygen atoms in total. The fraction of sp³-hybridized carbons (Fsp3) is 0.517. The fourth-order valence-electron chi connectivity index (χ4n) is 15.1. The molecule has 0 radical (unpaired) electrons. The molecule has 4 aromatic rings. The number of aliphatic hydroxyl groups is 2. The second kappa shape index (κ2) is 20.8. The van der Waals surface area contributed by atoms with E-state index in [1.165, 1.54) is 12.8 Å². The molecule has 5 aliphatic heterocycles. The van der Waals surface area contributed by atoms with Crippen molar-refractivity contribution in [3.05, 3.63) is 142 Å². The molecule has 9 aliphatic rings. The second-order valence-corrected chi connectivity index (χ2v) is 24.7. The molecule has 12 atom stereocenters. The number of allylic oxidation sites excluding steroid dienone is 1. The van der Waals surface area contributed by atoms with Gasteiger partial charge in [-0.05, 0) is 176 Å². The van der Waals surface area contributed by atoms with Crippen LogP contribution in [0.1, 0.15) is 154 Å². The van der Waals surface area contributed by atoms with Crippen molar-refractivity contribution in [3.63, 3.8) is 0 Å². The van der Waals surface area contributed by atoms with Crippen molar-refractivity contribution in [1.82, 2.24) is 0 Å². The minimum absolute atomic E-state index is 0. The van der Waals surface area contributed by atoms with Crippen molar-refractivity contribution < 1.29 is 67.3 Å². The van der Waals surface area contributed by atoms with E-state index in [1.54, 1.807) is 12.1 Å². The summed E-state index contributed by atoms with van der Waals surface area (Å²) in [4.78, 5) is 5.12. The Bertz CT molecular complexity index is 2910. The Hall–Kier alpha value is -4.16. The number of ether oxygens (including phenoxy) is 2. The smallest absolute Gasteiger partial charge is 0.748 e. The first kappa shape index (κ1) is 52.3. The van der Waals surface area contributed by atoms with Gasteiger partial charge in [-0.15, -0.1) is 0 Å². The number of phenols is 1. The summed E-state index contributed by atoms with van der Waals surface area (Å²) >= 11 is 0. The molecule has 0 amide bonds. The molecule has 2 saturated carbocycles. The average Bonchev–Trinajstić information content (AvgIpc) is 3.92. The first-order valence-corrected chi connectivity index (χ1v) is 28.1. The number of aliphatic imine (C=N–C) groups is 1. The number of nitrogens with zero attached hydrogens (tertiary/aromatic N) is 1. The standard InChI is InChI=1S/C60H71N3O8S.Na/c1-37-12-13-42-30-48-19-21-50(42)52(37)33-54(72(67,68)69)53-32-44-28-43(31-49-27-39(35-64)10-7-11-41-29-47(65)18-20-51(41)56(44)70-49)55(53)40-14-16-45(17-15-40)60(71-48,63-57(61)62)34-46(26-38-8-3-2-4-9-38)59(66)25-24-58(36-59)22-5-6-23-58;/h2-4,8-9,14-21,29-30,32,37,39,43,46,49,52-56,64-66H,5-6,10,12-13,22-28,31,33-36H2,1H3,(H4,61,62,63)(H,67,68,69);/q;+1/p-1/t37-,39-,43+,46+,49+,52-,53+,54+,55-,56+,59+,60+;/m0./s1. The van der Waals surface area contributed by atoms with Crippen LogP contribution < -0.4 is 45.8 Å². The maximum Gasteiger partial charge on any atom is 1.00 e. The Kier molecular flexibility index (Phi) is 14.9. The molecular formula is C60H70N3NaO8S. The summed E-state index contributed by atoms with van der Waals surface area (Å²) in [7, 11) is -4.92. The van der Waals surface area contributed by atoms with Gasteiger partial charge in [-0.25, -0.2) is 13.4 Å². The maximum absolute atomic E-state index is 14.2. The van der Waals surface area contributed by atoms with Crippen LogP contribution in [0.25, 0.3) is 0 Å². The number of rotatable bonds is 8. The first-order valence-electron chi connectivity index (χ1n) is 26.6. The Morgan fingerprint density at radius 2 is 1.71 bits per heavy atom. The molecule has 13 heteroatoms. The van der Waals surface area contributed by atoms with Crippen LogP contribution in [0, 0.1) is 46.8 Å². The molecule has 380 valence electrons. The number of guanidine groups is 1. The number of aromatic hydroxyl groups is 1. The van der Waals surface area contributed by atoms with Crippen LogP contribution in [-0.2, 0) is 33.4 Å². The number of fused-ring (bicyclic) bond motifs is 9. The van der Waals surface area contributed by atoms with Gasteiger partial charge in [0.25, 0.3) is 0 Å². The SMILES string of the molecule is C[C@H]1CCc2cc3ccc2[C@H]1C[C@@H](S(=O)(=O)[O-])[C@H]1C=C2C[C@H](C[C@H]4C[C@@H](CO)CC#Cc5cc(O)ccc5[C@@H]2O4)[C@@H]1c1ccc(cc1)[C@](C[C@@H](Cc1ccccc1)[C@@]1(O)CCC2(CCCC2)C1)(N=C(N)N)O3.[Na+]. The van der Waals surface area contributed by atoms with Crippen LogP contribution in [0.4, 0.5) is 0 Å². The molecule has 4 aromatic carbocycles. The fourth-order valence-corrected chi connectivity index (χ4v) is 16.2. The van der Waals surface area contributed by atoms with Gasteiger partial charge in [0.2, 0.25) is 5.72 Å². The Balaban J connectivity index is 0.00000611. The van der Waals surface area contributed by atoms with E-state index in [9.17, 15) is 28.3 Å². The second-order valence-electron chi connectivity index (χ2n) is 23.1. The van der Waals surface area contributed by atoms with Gasteiger partial charge in [0.1, 0.15) is 17.6 Å². The molecule has 13 rings (SSSR count). The van der Waals surface area contributed by atoms with Crippen LogP contribution >= 0.6 is 0 Å². The summed E-state index contributed by atoms with van der Waals surface area (Å²) in [6.45, 7) is 2.09. The van der Waals surface area contributed by atoms with Crippen LogP contribution in [0.2, 0.25) is 0 Å². The van der Waals surface area contributed by atoms with Crippen molar-refractivity contribution in [2.24, 2.45) is 51.5 Å². The molecule has 0 unspecified atom stereocenters. The average molecular weight is 1020 g/mol. The zero-order chi connectivity index (χ0) is 50.0. The molecule has 4 aliphatic carbocycles. The van der Waals surface area contributed by atoms with Crippen molar-refractivity contribution >= 4 is 16.1 Å². The van der Waals surface area contributed by atoms with Gasteiger partial charge in [-0.2, -0.15) is 0 Å². The van der Waals surface area contributed by atoms with Gasteiger partial charge in [0, 0.05) is 36.1 Å². The molecule has 7 N–H and O–H groups in total. The molecule has 5 heterocycles. The zero-order valence-electron chi connectivity index (χ0n) is 42.4. The summed E-state index contributed by atoms with van der Waals surface area (Å²) in [5.74, 6) is 5.12.